The van der Waals surface area contributed by atoms with Crippen molar-refractivity contribution in [3.05, 3.63) is 12.5 Å². The molecule has 3 atom stereocenters. The number of fused-ring (bicyclic) bond motifs is 1. The predicted molar refractivity (Wildman–Crippen MR) is 93.3 cm³/mol. The lowest BCUT2D eigenvalue weighted by molar-refractivity contribution is -0.147. The molecule has 0 saturated carbocycles. The lowest BCUT2D eigenvalue weighted by Gasteiger charge is -2.19. The molecule has 9 nitrogen and oxygen atoms in total. The van der Waals surface area contributed by atoms with Crippen molar-refractivity contribution in [2.24, 2.45) is 17.6 Å². The average molecular weight is 350 g/mol. The number of esters is 1. The normalized spacial score (nSPS) is 15.0. The molecule has 0 aliphatic rings. The zero-order valence-corrected chi connectivity index (χ0v) is 14.6. The Balaban J connectivity index is 1.90. The number of nitrogen functional groups attached to an aromatic ring is 1. The topological polar surface area (TPSA) is 142 Å². The molecule has 0 fully saturated rings. The quantitative estimate of drug-likeness (QED) is 0.549. The Morgan fingerprint density at radius 1 is 1.44 bits per heavy atom. The van der Waals surface area contributed by atoms with E-state index < -0.39 is 12.0 Å². The summed E-state index contributed by atoms with van der Waals surface area (Å²) in [6.07, 6.45) is 4.51. The van der Waals surface area contributed by atoms with Gasteiger partial charge in [-0.05, 0) is 12.3 Å². The first kappa shape index (κ1) is 19.1. The molecule has 0 saturated heterocycles. The van der Waals surface area contributed by atoms with E-state index in [9.17, 15) is 9.90 Å². The van der Waals surface area contributed by atoms with Gasteiger partial charge in [0.2, 0.25) is 5.95 Å². The van der Waals surface area contributed by atoms with E-state index in [0.29, 0.717) is 24.1 Å². The van der Waals surface area contributed by atoms with E-state index in [0.717, 1.165) is 6.42 Å². The van der Waals surface area contributed by atoms with Gasteiger partial charge in [-0.1, -0.05) is 20.3 Å². The van der Waals surface area contributed by atoms with Crippen LogP contribution >= 0.6 is 0 Å². The largest absolute Gasteiger partial charge is 0.465 e. The average Bonchev–Trinajstić information content (AvgIpc) is 3.01. The fraction of sp³-hybridized carbons (Fsp3) is 0.625. The van der Waals surface area contributed by atoms with Crippen LogP contribution in [0.1, 0.15) is 26.7 Å². The number of nitrogens with zero attached hydrogens (tertiary/aromatic N) is 4. The Bertz CT molecular complexity index is 704. The van der Waals surface area contributed by atoms with E-state index >= 15 is 0 Å². The molecule has 5 N–H and O–H groups in total. The van der Waals surface area contributed by atoms with Crippen LogP contribution in [-0.4, -0.2) is 49.9 Å². The molecule has 0 bridgehead atoms. The molecule has 2 rings (SSSR count). The number of aliphatic hydroxyl groups is 1. The molecule has 0 aliphatic carbocycles. The van der Waals surface area contributed by atoms with Gasteiger partial charge in [0.1, 0.15) is 11.6 Å². The first-order valence-electron chi connectivity index (χ1n) is 8.42. The first-order valence-corrected chi connectivity index (χ1v) is 8.42. The van der Waals surface area contributed by atoms with E-state index in [1.165, 1.54) is 0 Å². The molecule has 0 unspecified atom stereocenters. The summed E-state index contributed by atoms with van der Waals surface area (Å²) < 4.78 is 7.05. The van der Waals surface area contributed by atoms with Crippen molar-refractivity contribution in [3.8, 4) is 0 Å². The number of carbonyl (C=O) groups excluding carboxylic acids is 1. The first-order chi connectivity index (χ1) is 12.0. The zero-order valence-electron chi connectivity index (χ0n) is 14.6. The molecular formula is C16H26N6O3. The van der Waals surface area contributed by atoms with Crippen molar-refractivity contribution < 1.29 is 14.6 Å². The molecule has 0 aromatic carbocycles. The minimum absolute atomic E-state index is 0.0464. The Morgan fingerprint density at radius 2 is 2.20 bits per heavy atom. The Kier molecular flexibility index (Phi) is 6.65. The van der Waals surface area contributed by atoms with Crippen molar-refractivity contribution in [2.45, 2.75) is 39.3 Å². The molecule has 0 spiro atoms. The van der Waals surface area contributed by atoms with Crippen molar-refractivity contribution in [3.63, 3.8) is 0 Å². The van der Waals surface area contributed by atoms with Gasteiger partial charge in [-0.25, -0.2) is 9.97 Å². The number of rotatable bonds is 9. The molecule has 25 heavy (non-hydrogen) atoms. The van der Waals surface area contributed by atoms with Crippen LogP contribution in [0.3, 0.4) is 0 Å². The van der Waals surface area contributed by atoms with Crippen LogP contribution < -0.4 is 11.5 Å². The molecule has 2 aromatic rings. The van der Waals surface area contributed by atoms with Crippen LogP contribution in [0.4, 0.5) is 5.95 Å². The molecule has 138 valence electrons. The van der Waals surface area contributed by atoms with Gasteiger partial charge < -0.3 is 25.9 Å². The van der Waals surface area contributed by atoms with Crippen molar-refractivity contribution in [1.82, 2.24) is 19.5 Å². The minimum atomic E-state index is -0.616. The number of hydrogen-bond donors (Lipinski definition) is 3. The van der Waals surface area contributed by atoms with E-state index in [1.807, 2.05) is 13.8 Å². The van der Waals surface area contributed by atoms with Gasteiger partial charge in [0.25, 0.3) is 0 Å². The number of imidazole rings is 1. The summed E-state index contributed by atoms with van der Waals surface area (Å²) in [7, 11) is 0. The summed E-state index contributed by atoms with van der Waals surface area (Å²) in [6, 6.07) is -0.616. The summed E-state index contributed by atoms with van der Waals surface area (Å²) in [4.78, 5) is 24.2. The number of hydrogen-bond acceptors (Lipinski definition) is 8. The second kappa shape index (κ2) is 8.72. The van der Waals surface area contributed by atoms with Gasteiger partial charge in [0.15, 0.2) is 5.65 Å². The highest BCUT2D eigenvalue weighted by Gasteiger charge is 2.21. The number of anilines is 1. The summed E-state index contributed by atoms with van der Waals surface area (Å²) >= 11 is 0. The standard InChI is InChI=1S/C16H26N6O3/c1-3-10(2)13(17)15(24)25-5-4-11(8-23)7-22-9-20-12-6-19-16(18)21-14(12)22/h6,9-11,13,23H,3-5,7-8,17H2,1-2H3,(H2,18,19,21)/t10-,11+,13-/m0/s1. The van der Waals surface area contributed by atoms with Crippen LogP contribution in [-0.2, 0) is 16.1 Å². The van der Waals surface area contributed by atoms with Crippen LogP contribution in [0.15, 0.2) is 12.5 Å². The van der Waals surface area contributed by atoms with E-state index in [-0.39, 0.29) is 31.0 Å². The molecule has 0 radical (unpaired) electrons. The van der Waals surface area contributed by atoms with Gasteiger partial charge in [-0.3, -0.25) is 4.79 Å². The van der Waals surface area contributed by atoms with Crippen molar-refractivity contribution >= 4 is 23.1 Å². The van der Waals surface area contributed by atoms with Gasteiger partial charge in [-0.15, -0.1) is 0 Å². The third-order valence-corrected chi connectivity index (χ3v) is 4.39. The third kappa shape index (κ3) is 4.86. The van der Waals surface area contributed by atoms with Crippen molar-refractivity contribution in [1.29, 1.82) is 0 Å². The smallest absolute Gasteiger partial charge is 0.323 e. The monoisotopic (exact) mass is 350 g/mol. The Labute approximate surface area is 146 Å². The highest BCUT2D eigenvalue weighted by molar-refractivity contribution is 5.75. The third-order valence-electron chi connectivity index (χ3n) is 4.39. The lowest BCUT2D eigenvalue weighted by atomic mass is 10.0. The summed E-state index contributed by atoms with van der Waals surface area (Å²) in [5.41, 5.74) is 12.7. The number of ether oxygens (including phenoxy) is 1. The number of aromatic nitrogens is 4. The van der Waals surface area contributed by atoms with E-state index in [4.69, 9.17) is 16.2 Å². The predicted octanol–water partition coefficient (Wildman–Crippen LogP) is 0.324. The fourth-order valence-corrected chi connectivity index (χ4v) is 2.43. The fourth-order valence-electron chi connectivity index (χ4n) is 2.43. The molecule has 2 heterocycles. The molecule has 9 heteroatoms. The second-order valence-corrected chi connectivity index (χ2v) is 6.25. The Hall–Kier alpha value is -2.26. The van der Waals surface area contributed by atoms with Crippen LogP contribution in [0.25, 0.3) is 11.2 Å². The van der Waals surface area contributed by atoms with Gasteiger partial charge in [-0.2, -0.15) is 4.98 Å². The van der Waals surface area contributed by atoms with E-state index in [2.05, 4.69) is 15.0 Å². The minimum Gasteiger partial charge on any atom is -0.465 e. The number of aliphatic hydroxyl groups excluding tert-OH is 1. The van der Waals surface area contributed by atoms with Crippen molar-refractivity contribution in [2.75, 3.05) is 18.9 Å². The van der Waals surface area contributed by atoms with Gasteiger partial charge >= 0.3 is 5.97 Å². The lowest BCUT2D eigenvalue weighted by Crippen LogP contribution is -2.38. The summed E-state index contributed by atoms with van der Waals surface area (Å²) in [5, 5.41) is 9.60. The highest BCUT2D eigenvalue weighted by Crippen LogP contribution is 2.14. The SMILES string of the molecule is CC[C@H](C)[C@H](N)C(=O)OCC[C@@H](CO)Cn1cnc2cnc(N)nc21. The van der Waals surface area contributed by atoms with Gasteiger partial charge in [0, 0.05) is 19.1 Å². The molecule has 2 aromatic heterocycles. The van der Waals surface area contributed by atoms with E-state index in [1.54, 1.807) is 17.1 Å². The summed E-state index contributed by atoms with van der Waals surface area (Å²) in [5.74, 6) is -0.271. The maximum Gasteiger partial charge on any atom is 0.323 e. The maximum absolute atomic E-state index is 11.9. The number of nitrogens with two attached hydrogens (primary N) is 2. The maximum atomic E-state index is 11.9. The molecular weight excluding hydrogens is 324 g/mol. The van der Waals surface area contributed by atoms with Crippen LogP contribution in [0, 0.1) is 11.8 Å². The van der Waals surface area contributed by atoms with Crippen LogP contribution in [0.2, 0.25) is 0 Å². The zero-order chi connectivity index (χ0) is 18.4. The van der Waals surface area contributed by atoms with Gasteiger partial charge in [0.05, 0.1) is 19.1 Å². The summed E-state index contributed by atoms with van der Waals surface area (Å²) in [6.45, 7) is 4.54. The second-order valence-electron chi connectivity index (χ2n) is 6.25. The highest BCUT2D eigenvalue weighted by atomic mass is 16.5. The number of carbonyl (C=O) groups is 1. The molecule has 0 amide bonds. The Morgan fingerprint density at radius 3 is 2.88 bits per heavy atom. The van der Waals surface area contributed by atoms with Crippen LogP contribution in [0.5, 0.6) is 0 Å². The molecule has 0 aliphatic heterocycles.